The van der Waals surface area contributed by atoms with Crippen LogP contribution in [0.1, 0.15) is 50.2 Å². The molecule has 0 unspecified atom stereocenters. The van der Waals surface area contributed by atoms with Gasteiger partial charge in [-0.3, -0.25) is 19.3 Å². The van der Waals surface area contributed by atoms with Gasteiger partial charge in [-0.25, -0.2) is 9.97 Å². The smallest absolute Gasteiger partial charge is 0.270 e. The van der Waals surface area contributed by atoms with Crippen molar-refractivity contribution in [2.75, 3.05) is 13.7 Å². The number of amides is 2. The molecule has 1 heterocycles. The number of benzene rings is 2. The van der Waals surface area contributed by atoms with Gasteiger partial charge >= 0.3 is 0 Å². The Kier molecular flexibility index (Phi) is 8.63. The number of methoxy groups -OCH3 is 1. The minimum atomic E-state index is -0.479. The average molecular weight is 476 g/mol. The topological polar surface area (TPSA) is 128 Å². The summed E-state index contributed by atoms with van der Waals surface area (Å²) in [5.41, 5.74) is 9.60. The zero-order chi connectivity index (χ0) is 25.4. The molecule has 0 bridgehead atoms. The van der Waals surface area contributed by atoms with Gasteiger partial charge < -0.3 is 15.8 Å². The fraction of sp³-hybridized carbons (Fsp3) is 0.269. The first-order valence-electron chi connectivity index (χ1n) is 11.1. The number of Topliss-reactive ketones (excluding diaryl/α,β-unsaturated/α-hetero) is 1. The van der Waals surface area contributed by atoms with Crippen LogP contribution < -0.4 is 15.8 Å². The van der Waals surface area contributed by atoms with E-state index in [1.54, 1.807) is 19.2 Å². The highest BCUT2D eigenvalue weighted by Crippen LogP contribution is 2.16. The Morgan fingerprint density at radius 1 is 1.03 bits per heavy atom. The predicted molar refractivity (Wildman–Crippen MR) is 131 cm³/mol. The normalized spacial score (nSPS) is 10.7. The summed E-state index contributed by atoms with van der Waals surface area (Å²) in [5.74, 6) is -0.108. The summed E-state index contributed by atoms with van der Waals surface area (Å²) >= 11 is 0. The summed E-state index contributed by atoms with van der Waals surface area (Å²) in [6, 6.07) is 14.6. The Balaban J connectivity index is 1.69. The molecule has 0 fully saturated rings. The maximum absolute atomic E-state index is 12.7. The number of aryl methyl sites for hydroxylation is 1. The molecule has 0 aliphatic rings. The molecule has 9 nitrogen and oxygen atoms in total. The van der Waals surface area contributed by atoms with Gasteiger partial charge in [0.1, 0.15) is 17.8 Å². The van der Waals surface area contributed by atoms with E-state index in [0.29, 0.717) is 30.1 Å². The zero-order valence-corrected chi connectivity index (χ0v) is 20.1. The van der Waals surface area contributed by atoms with Crippen LogP contribution in [0.15, 0.2) is 54.9 Å². The van der Waals surface area contributed by atoms with Crippen molar-refractivity contribution in [3.05, 3.63) is 88.5 Å². The molecular weight excluding hydrogens is 446 g/mol. The number of hydrogen-bond acceptors (Lipinski definition) is 7. The number of ether oxygens (including phenoxy) is 1. The Bertz CT molecular complexity index is 1230. The maximum Gasteiger partial charge on any atom is 0.270 e. The second-order valence-corrected chi connectivity index (χ2v) is 8.25. The van der Waals surface area contributed by atoms with Crippen molar-refractivity contribution in [2.24, 2.45) is 5.73 Å². The number of carbonyl (C=O) groups excluding carboxylic acids is 3. The highest BCUT2D eigenvalue weighted by molar-refractivity contribution is 5.95. The van der Waals surface area contributed by atoms with Crippen molar-refractivity contribution < 1.29 is 19.1 Å². The van der Waals surface area contributed by atoms with E-state index in [0.717, 1.165) is 16.7 Å². The first kappa shape index (κ1) is 25.5. The average Bonchev–Trinajstić information content (AvgIpc) is 2.82. The molecule has 0 atom stereocenters. The number of rotatable bonds is 11. The Hall–Kier alpha value is -4.11. The van der Waals surface area contributed by atoms with Crippen molar-refractivity contribution >= 4 is 17.6 Å². The highest BCUT2D eigenvalue weighted by atomic mass is 16.5. The van der Waals surface area contributed by atoms with Crippen LogP contribution >= 0.6 is 0 Å². The van der Waals surface area contributed by atoms with Crippen molar-refractivity contribution in [1.82, 2.24) is 20.2 Å². The van der Waals surface area contributed by atoms with E-state index < -0.39 is 5.91 Å². The Labute approximate surface area is 204 Å². The summed E-state index contributed by atoms with van der Waals surface area (Å²) in [5, 5.41) is 2.84. The van der Waals surface area contributed by atoms with Crippen LogP contribution in [0, 0.1) is 6.92 Å². The summed E-state index contributed by atoms with van der Waals surface area (Å²) in [6.07, 6.45) is 1.32. The molecule has 2 amide bonds. The van der Waals surface area contributed by atoms with E-state index in [-0.39, 0.29) is 30.5 Å². The molecule has 0 aliphatic heterocycles. The summed E-state index contributed by atoms with van der Waals surface area (Å²) in [6.45, 7) is 4.44. The summed E-state index contributed by atoms with van der Waals surface area (Å²) in [4.78, 5) is 46.2. The van der Waals surface area contributed by atoms with Gasteiger partial charge in [0.25, 0.3) is 5.91 Å². The van der Waals surface area contributed by atoms with Gasteiger partial charge in [0, 0.05) is 25.2 Å². The van der Waals surface area contributed by atoms with Gasteiger partial charge in [-0.2, -0.15) is 0 Å². The molecule has 0 saturated carbocycles. The predicted octanol–water partition coefficient (Wildman–Crippen LogP) is 2.41. The molecule has 0 aliphatic carbocycles. The largest absolute Gasteiger partial charge is 0.497 e. The lowest BCUT2D eigenvalue weighted by molar-refractivity contribution is -0.119. The highest BCUT2D eigenvalue weighted by Gasteiger charge is 2.15. The van der Waals surface area contributed by atoms with E-state index in [4.69, 9.17) is 10.5 Å². The van der Waals surface area contributed by atoms with Gasteiger partial charge in [0.15, 0.2) is 5.78 Å². The lowest BCUT2D eigenvalue weighted by atomic mass is 10.0. The van der Waals surface area contributed by atoms with Crippen molar-refractivity contribution in [2.45, 2.75) is 33.5 Å². The molecule has 182 valence electrons. The van der Waals surface area contributed by atoms with Crippen LogP contribution in [0.5, 0.6) is 5.75 Å². The number of aromatic nitrogens is 2. The monoisotopic (exact) mass is 475 g/mol. The van der Waals surface area contributed by atoms with Crippen molar-refractivity contribution in [1.29, 1.82) is 0 Å². The number of nitrogens with two attached hydrogens (primary N) is 1. The molecule has 0 radical (unpaired) electrons. The van der Waals surface area contributed by atoms with Crippen LogP contribution in [0.3, 0.4) is 0 Å². The van der Waals surface area contributed by atoms with Gasteiger partial charge in [-0.15, -0.1) is 0 Å². The molecule has 35 heavy (non-hydrogen) atoms. The zero-order valence-electron chi connectivity index (χ0n) is 20.1. The SMILES string of the molecule is COc1cccc(CNC(=O)c2cc(CN(CC(N)=O)Cc3ccc(C(C)=O)c(C)c3)ncn2)c1. The fourth-order valence-electron chi connectivity index (χ4n) is 3.76. The van der Waals surface area contributed by atoms with Crippen LogP contribution in [0.4, 0.5) is 0 Å². The van der Waals surface area contributed by atoms with Crippen molar-refractivity contribution in [3.8, 4) is 5.75 Å². The van der Waals surface area contributed by atoms with Gasteiger partial charge in [-0.1, -0.05) is 30.3 Å². The maximum atomic E-state index is 12.7. The quantitative estimate of drug-likeness (QED) is 0.408. The number of nitrogens with zero attached hydrogens (tertiary/aromatic N) is 3. The van der Waals surface area contributed by atoms with E-state index in [2.05, 4.69) is 15.3 Å². The third-order valence-corrected chi connectivity index (χ3v) is 5.38. The molecule has 3 rings (SSSR count). The van der Waals surface area contributed by atoms with Gasteiger partial charge in [0.05, 0.1) is 19.3 Å². The lowest BCUT2D eigenvalue weighted by Gasteiger charge is -2.21. The van der Waals surface area contributed by atoms with E-state index in [1.807, 2.05) is 48.2 Å². The molecular formula is C26H29N5O4. The lowest BCUT2D eigenvalue weighted by Crippen LogP contribution is -2.33. The van der Waals surface area contributed by atoms with Crippen LogP contribution in [-0.2, 0) is 24.4 Å². The number of carbonyl (C=O) groups is 3. The second-order valence-electron chi connectivity index (χ2n) is 8.25. The van der Waals surface area contributed by atoms with Gasteiger partial charge in [-0.05, 0) is 48.7 Å². The van der Waals surface area contributed by atoms with E-state index >= 15 is 0 Å². The molecule has 3 N–H and O–H groups in total. The van der Waals surface area contributed by atoms with Crippen LogP contribution in [-0.4, -0.2) is 46.1 Å². The Morgan fingerprint density at radius 2 is 1.83 bits per heavy atom. The minimum absolute atomic E-state index is 0.00114. The van der Waals surface area contributed by atoms with Crippen LogP contribution in [0.25, 0.3) is 0 Å². The minimum Gasteiger partial charge on any atom is -0.497 e. The number of primary amides is 1. The second kappa shape index (κ2) is 11.8. The summed E-state index contributed by atoms with van der Waals surface area (Å²) in [7, 11) is 1.59. The number of nitrogens with one attached hydrogen (secondary N) is 1. The first-order valence-corrected chi connectivity index (χ1v) is 11.1. The molecule has 0 saturated heterocycles. The van der Waals surface area contributed by atoms with Crippen molar-refractivity contribution in [3.63, 3.8) is 0 Å². The van der Waals surface area contributed by atoms with E-state index in [1.165, 1.54) is 13.3 Å². The Morgan fingerprint density at radius 3 is 2.51 bits per heavy atom. The van der Waals surface area contributed by atoms with Gasteiger partial charge in [0.2, 0.25) is 5.91 Å². The molecule has 9 heteroatoms. The van der Waals surface area contributed by atoms with Crippen LogP contribution in [0.2, 0.25) is 0 Å². The standard InChI is InChI=1S/C26H29N5O4/c1-17-9-20(7-8-23(17)18(2)32)13-31(15-25(27)33)14-21-11-24(30-16-29-21)26(34)28-12-19-5-4-6-22(10-19)35-3/h4-11,16H,12-15H2,1-3H3,(H2,27,33)(H,28,34). The first-order chi connectivity index (χ1) is 16.7. The number of hydrogen-bond donors (Lipinski definition) is 2. The third kappa shape index (κ3) is 7.44. The molecule has 3 aromatic rings. The summed E-state index contributed by atoms with van der Waals surface area (Å²) < 4.78 is 5.21. The number of ketones is 1. The molecule has 1 aromatic heterocycles. The third-order valence-electron chi connectivity index (χ3n) is 5.38. The fourth-order valence-corrected chi connectivity index (χ4v) is 3.76. The van der Waals surface area contributed by atoms with E-state index in [9.17, 15) is 14.4 Å². The molecule has 0 spiro atoms. The molecule has 2 aromatic carbocycles.